The summed E-state index contributed by atoms with van der Waals surface area (Å²) in [4.78, 5) is 28.7. The zero-order valence-electron chi connectivity index (χ0n) is 13.9. The molecule has 3 heterocycles. The maximum atomic E-state index is 12.7. The van der Waals surface area contributed by atoms with Crippen LogP contribution in [0, 0.1) is 5.92 Å². The number of amides is 2. The lowest BCUT2D eigenvalue weighted by Gasteiger charge is -2.46. The Morgan fingerprint density at radius 1 is 1.33 bits per heavy atom. The molecule has 3 fully saturated rings. The van der Waals surface area contributed by atoms with E-state index in [1.807, 2.05) is 15.9 Å². The smallest absolute Gasteiger partial charge is 0.274 e. The van der Waals surface area contributed by atoms with Gasteiger partial charge in [0, 0.05) is 50.3 Å². The lowest BCUT2D eigenvalue weighted by atomic mass is 9.83. The summed E-state index contributed by atoms with van der Waals surface area (Å²) in [6.07, 6.45) is 4.64. The van der Waals surface area contributed by atoms with Crippen LogP contribution >= 0.6 is 0 Å². The predicted molar refractivity (Wildman–Crippen MR) is 88.4 cm³/mol. The van der Waals surface area contributed by atoms with E-state index in [1.165, 1.54) is 12.8 Å². The molecule has 24 heavy (non-hydrogen) atoms. The number of nitrogens with one attached hydrogen (secondary N) is 1. The monoisotopic (exact) mass is 331 g/mol. The van der Waals surface area contributed by atoms with Crippen LogP contribution in [-0.2, 0) is 4.79 Å². The normalized spacial score (nSPS) is 27.3. The molecule has 0 spiro atoms. The van der Waals surface area contributed by atoms with Gasteiger partial charge in [-0.15, -0.1) is 0 Å². The second-order valence-electron chi connectivity index (χ2n) is 7.26. The lowest BCUT2D eigenvalue weighted by molar-refractivity contribution is -0.140. The molecule has 2 atom stereocenters. The molecule has 0 unspecified atom stereocenters. The first-order valence-electron chi connectivity index (χ1n) is 9.01. The summed E-state index contributed by atoms with van der Waals surface area (Å²) in [5.74, 6) is 1.15. The Hall–Kier alpha value is -1.89. The third-order valence-corrected chi connectivity index (χ3v) is 5.63. The number of likely N-dealkylation sites (tertiary alicyclic amines) is 2. The van der Waals surface area contributed by atoms with Gasteiger partial charge in [0.15, 0.2) is 0 Å². The van der Waals surface area contributed by atoms with Crippen molar-refractivity contribution in [2.45, 2.75) is 44.1 Å². The molecule has 1 aliphatic carbocycles. The number of piperidine rings is 2. The summed E-state index contributed by atoms with van der Waals surface area (Å²) in [6.45, 7) is 2.51. The minimum absolute atomic E-state index is 0.0128. The van der Waals surface area contributed by atoms with Crippen molar-refractivity contribution in [3.05, 3.63) is 17.5 Å². The van der Waals surface area contributed by atoms with Crippen molar-refractivity contribution in [3.8, 4) is 0 Å². The largest absolute Gasteiger partial charge is 0.338 e. The van der Waals surface area contributed by atoms with E-state index >= 15 is 0 Å². The Labute approximate surface area is 141 Å². The Bertz CT molecular complexity index is 639. The zero-order valence-corrected chi connectivity index (χ0v) is 13.9. The van der Waals surface area contributed by atoms with Crippen molar-refractivity contribution < 1.29 is 9.59 Å². The standard InChI is InChI=1S/C17H25N5O2/c18-6-8-22-15-5-7-21(10-12(15)3-4-16(22)23)17(24)14-9-13(19-20-14)11-1-2-11/h9,11-12,15H,1-8,10,18H2,(H,19,20)/t12-,15+/m0/s1. The van der Waals surface area contributed by atoms with E-state index < -0.39 is 0 Å². The highest BCUT2D eigenvalue weighted by molar-refractivity contribution is 5.92. The number of hydrogen-bond acceptors (Lipinski definition) is 4. The molecule has 2 saturated heterocycles. The average Bonchev–Trinajstić information content (AvgIpc) is 3.33. The van der Waals surface area contributed by atoms with Crippen LogP contribution < -0.4 is 5.73 Å². The number of nitrogens with two attached hydrogens (primary N) is 1. The minimum Gasteiger partial charge on any atom is -0.338 e. The molecule has 2 amide bonds. The minimum atomic E-state index is 0.0128. The highest BCUT2D eigenvalue weighted by Crippen LogP contribution is 2.39. The predicted octanol–water partition coefficient (Wildman–Crippen LogP) is 0.699. The Balaban J connectivity index is 1.43. The van der Waals surface area contributed by atoms with E-state index in [-0.39, 0.29) is 17.9 Å². The number of nitrogens with zero attached hydrogens (tertiary/aromatic N) is 3. The molecule has 3 N–H and O–H groups in total. The van der Waals surface area contributed by atoms with Gasteiger partial charge in [-0.25, -0.2) is 0 Å². The van der Waals surface area contributed by atoms with Gasteiger partial charge >= 0.3 is 0 Å². The molecule has 130 valence electrons. The topological polar surface area (TPSA) is 95.3 Å². The van der Waals surface area contributed by atoms with Crippen molar-refractivity contribution in [2.75, 3.05) is 26.2 Å². The molecule has 2 aliphatic heterocycles. The maximum Gasteiger partial charge on any atom is 0.274 e. The van der Waals surface area contributed by atoms with E-state index in [9.17, 15) is 9.59 Å². The molecule has 0 bridgehead atoms. The number of hydrogen-bond donors (Lipinski definition) is 2. The van der Waals surface area contributed by atoms with Gasteiger partial charge in [-0.05, 0) is 37.7 Å². The van der Waals surface area contributed by atoms with Crippen LogP contribution in [0.4, 0.5) is 0 Å². The van der Waals surface area contributed by atoms with E-state index in [0.29, 0.717) is 50.1 Å². The molecular formula is C17H25N5O2. The number of carbonyl (C=O) groups is 2. The molecule has 0 aromatic carbocycles. The van der Waals surface area contributed by atoms with Crippen molar-refractivity contribution in [1.29, 1.82) is 0 Å². The fraction of sp³-hybridized carbons (Fsp3) is 0.706. The third kappa shape index (κ3) is 2.81. The SMILES string of the molecule is NCCN1C(=O)CC[C@H]2CN(C(=O)c3cc(C4CC4)[nH]n3)CC[C@H]21. The number of rotatable bonds is 4. The van der Waals surface area contributed by atoms with Crippen LogP contribution in [0.1, 0.15) is 54.2 Å². The van der Waals surface area contributed by atoms with Gasteiger partial charge in [-0.3, -0.25) is 14.7 Å². The average molecular weight is 331 g/mol. The number of fused-ring (bicyclic) bond motifs is 1. The van der Waals surface area contributed by atoms with Gasteiger partial charge in [0.05, 0.1) is 0 Å². The Morgan fingerprint density at radius 2 is 2.17 bits per heavy atom. The maximum absolute atomic E-state index is 12.7. The van der Waals surface area contributed by atoms with Gasteiger partial charge in [0.1, 0.15) is 5.69 Å². The summed E-state index contributed by atoms with van der Waals surface area (Å²) in [7, 11) is 0. The number of aromatic nitrogens is 2. The summed E-state index contributed by atoms with van der Waals surface area (Å²) in [6, 6.07) is 2.15. The van der Waals surface area contributed by atoms with Crippen molar-refractivity contribution in [2.24, 2.45) is 11.7 Å². The van der Waals surface area contributed by atoms with E-state index in [4.69, 9.17) is 5.73 Å². The first-order valence-corrected chi connectivity index (χ1v) is 9.01. The molecule has 7 heteroatoms. The van der Waals surface area contributed by atoms with Gasteiger partial charge in [-0.1, -0.05) is 0 Å². The first-order chi connectivity index (χ1) is 11.7. The van der Waals surface area contributed by atoms with E-state index in [0.717, 1.165) is 18.5 Å². The van der Waals surface area contributed by atoms with Crippen LogP contribution in [0.2, 0.25) is 0 Å². The second-order valence-corrected chi connectivity index (χ2v) is 7.26. The molecular weight excluding hydrogens is 306 g/mol. The van der Waals surface area contributed by atoms with Crippen LogP contribution in [0.25, 0.3) is 0 Å². The molecule has 7 nitrogen and oxygen atoms in total. The summed E-state index contributed by atoms with van der Waals surface area (Å²) in [5.41, 5.74) is 7.27. The second kappa shape index (κ2) is 6.20. The van der Waals surface area contributed by atoms with Crippen LogP contribution in [0.3, 0.4) is 0 Å². The molecule has 3 aliphatic rings. The highest BCUT2D eigenvalue weighted by Gasteiger charge is 2.40. The van der Waals surface area contributed by atoms with Crippen molar-refractivity contribution in [1.82, 2.24) is 20.0 Å². The fourth-order valence-electron chi connectivity index (χ4n) is 4.18. The van der Waals surface area contributed by atoms with Crippen LogP contribution in [0.15, 0.2) is 6.07 Å². The Morgan fingerprint density at radius 3 is 2.92 bits per heavy atom. The van der Waals surface area contributed by atoms with Crippen LogP contribution in [0.5, 0.6) is 0 Å². The molecule has 0 radical (unpaired) electrons. The number of H-pyrrole nitrogens is 1. The summed E-state index contributed by atoms with van der Waals surface area (Å²) >= 11 is 0. The number of aromatic amines is 1. The highest BCUT2D eigenvalue weighted by atomic mass is 16.2. The first kappa shape index (κ1) is 15.6. The molecule has 1 saturated carbocycles. The Kier molecular flexibility index (Phi) is 4.04. The number of carbonyl (C=O) groups excluding carboxylic acids is 2. The van der Waals surface area contributed by atoms with Crippen molar-refractivity contribution >= 4 is 11.8 Å². The fourth-order valence-corrected chi connectivity index (χ4v) is 4.18. The lowest BCUT2D eigenvalue weighted by Crippen LogP contribution is -2.57. The van der Waals surface area contributed by atoms with E-state index in [1.54, 1.807) is 0 Å². The van der Waals surface area contributed by atoms with E-state index in [2.05, 4.69) is 10.2 Å². The third-order valence-electron chi connectivity index (χ3n) is 5.63. The molecule has 4 rings (SSSR count). The van der Waals surface area contributed by atoms with Gasteiger partial charge < -0.3 is 15.5 Å². The summed E-state index contributed by atoms with van der Waals surface area (Å²) < 4.78 is 0. The van der Waals surface area contributed by atoms with Gasteiger partial charge in [0.25, 0.3) is 5.91 Å². The van der Waals surface area contributed by atoms with Gasteiger partial charge in [0.2, 0.25) is 5.91 Å². The molecule has 1 aromatic rings. The van der Waals surface area contributed by atoms with Gasteiger partial charge in [-0.2, -0.15) is 5.10 Å². The molecule has 1 aromatic heterocycles. The quantitative estimate of drug-likeness (QED) is 0.849. The van der Waals surface area contributed by atoms with Crippen LogP contribution in [-0.4, -0.2) is 64.0 Å². The zero-order chi connectivity index (χ0) is 16.7. The summed E-state index contributed by atoms with van der Waals surface area (Å²) in [5, 5.41) is 7.23. The van der Waals surface area contributed by atoms with Crippen molar-refractivity contribution in [3.63, 3.8) is 0 Å².